The summed E-state index contributed by atoms with van der Waals surface area (Å²) in [5.41, 5.74) is 2.57. The zero-order valence-corrected chi connectivity index (χ0v) is 15.3. The molecule has 1 amide bonds. The van der Waals surface area contributed by atoms with Crippen LogP contribution in [0.5, 0.6) is 0 Å². The number of sulfone groups is 1. The summed E-state index contributed by atoms with van der Waals surface area (Å²) in [4.78, 5) is 16.3. The van der Waals surface area contributed by atoms with Crippen LogP contribution in [0.25, 0.3) is 0 Å². The minimum atomic E-state index is -3.08. The van der Waals surface area contributed by atoms with Gasteiger partial charge in [-0.3, -0.25) is 9.69 Å². The second-order valence-corrected chi connectivity index (χ2v) is 8.90. The molecule has 0 aromatic heterocycles. The minimum Gasteiger partial charge on any atom is -0.336 e. The molecule has 1 aromatic rings. The van der Waals surface area contributed by atoms with Crippen molar-refractivity contribution >= 4 is 15.7 Å². The number of rotatable bonds is 4. The molecule has 0 spiro atoms. The summed E-state index contributed by atoms with van der Waals surface area (Å²) in [6.07, 6.45) is 1.40. The van der Waals surface area contributed by atoms with Crippen LogP contribution in [0.3, 0.4) is 0 Å². The summed E-state index contributed by atoms with van der Waals surface area (Å²) in [5.74, 6) is 0.338. The van der Waals surface area contributed by atoms with Gasteiger partial charge in [0.2, 0.25) is 5.91 Å². The molecule has 132 valence electrons. The molecule has 2 aliphatic rings. The van der Waals surface area contributed by atoms with Crippen molar-refractivity contribution in [3.05, 3.63) is 35.4 Å². The number of amides is 1. The number of nitrogens with zero attached hydrogens (tertiary/aromatic N) is 2. The van der Waals surface area contributed by atoms with Gasteiger partial charge in [0.15, 0.2) is 9.84 Å². The summed E-state index contributed by atoms with van der Waals surface area (Å²) < 4.78 is 24.4. The van der Waals surface area contributed by atoms with Gasteiger partial charge in [-0.05, 0) is 17.5 Å². The SMILES string of the molecule is CCC(=O)N1CCN(Cc2ccccc2CC)C2CS(=O)(=O)CC21. The number of carbonyl (C=O) groups is 1. The summed E-state index contributed by atoms with van der Waals surface area (Å²) in [7, 11) is -3.08. The number of hydrogen-bond acceptors (Lipinski definition) is 4. The van der Waals surface area contributed by atoms with Crippen LogP contribution in [0, 0.1) is 0 Å². The van der Waals surface area contributed by atoms with Gasteiger partial charge in [0.05, 0.1) is 17.5 Å². The lowest BCUT2D eigenvalue weighted by atomic mass is 10.0. The highest BCUT2D eigenvalue weighted by atomic mass is 32.2. The lowest BCUT2D eigenvalue weighted by molar-refractivity contribution is -0.136. The first-order valence-electron chi connectivity index (χ1n) is 8.76. The number of hydrogen-bond donors (Lipinski definition) is 0. The van der Waals surface area contributed by atoms with Crippen molar-refractivity contribution in [3.8, 4) is 0 Å². The van der Waals surface area contributed by atoms with E-state index < -0.39 is 9.84 Å². The first kappa shape index (κ1) is 17.4. The Labute approximate surface area is 144 Å². The summed E-state index contributed by atoms with van der Waals surface area (Å²) in [5, 5.41) is 0. The number of piperazine rings is 1. The molecule has 5 nitrogen and oxygen atoms in total. The van der Waals surface area contributed by atoms with E-state index in [2.05, 4.69) is 24.0 Å². The fourth-order valence-corrected chi connectivity index (χ4v) is 6.02. The van der Waals surface area contributed by atoms with E-state index >= 15 is 0 Å². The highest BCUT2D eigenvalue weighted by Crippen LogP contribution is 2.29. The predicted octanol–water partition coefficient (Wildman–Crippen LogP) is 1.47. The smallest absolute Gasteiger partial charge is 0.222 e. The normalized spacial score (nSPS) is 26.3. The Balaban J connectivity index is 1.84. The maximum atomic E-state index is 12.2. The van der Waals surface area contributed by atoms with Crippen molar-refractivity contribution in [2.45, 2.75) is 45.3 Å². The maximum absolute atomic E-state index is 12.2. The molecule has 2 heterocycles. The summed E-state index contributed by atoms with van der Waals surface area (Å²) in [6.45, 7) is 6.09. The third kappa shape index (κ3) is 3.35. The van der Waals surface area contributed by atoms with E-state index in [9.17, 15) is 13.2 Å². The first-order chi connectivity index (χ1) is 11.4. The van der Waals surface area contributed by atoms with Gasteiger partial charge in [-0.15, -0.1) is 0 Å². The van der Waals surface area contributed by atoms with Crippen LogP contribution in [-0.2, 0) is 27.6 Å². The molecule has 2 aliphatic heterocycles. The zero-order valence-electron chi connectivity index (χ0n) is 14.4. The molecule has 2 saturated heterocycles. The Morgan fingerprint density at radius 1 is 1.08 bits per heavy atom. The lowest BCUT2D eigenvalue weighted by Crippen LogP contribution is -2.60. The van der Waals surface area contributed by atoms with Crippen molar-refractivity contribution in [3.63, 3.8) is 0 Å². The topological polar surface area (TPSA) is 57.7 Å². The second-order valence-electron chi connectivity index (χ2n) is 6.75. The van der Waals surface area contributed by atoms with Crippen LogP contribution in [-0.4, -0.2) is 60.8 Å². The molecule has 1 aromatic carbocycles. The van der Waals surface area contributed by atoms with Crippen molar-refractivity contribution in [2.24, 2.45) is 0 Å². The number of carbonyl (C=O) groups excluding carboxylic acids is 1. The second kappa shape index (κ2) is 6.84. The number of benzene rings is 1. The molecule has 0 saturated carbocycles. The van der Waals surface area contributed by atoms with Crippen molar-refractivity contribution < 1.29 is 13.2 Å². The van der Waals surface area contributed by atoms with Gasteiger partial charge in [-0.25, -0.2) is 8.42 Å². The standard InChI is InChI=1S/C18H26N2O3S/c1-3-14-7-5-6-8-15(14)11-19-9-10-20(18(21)4-2)17-13-24(22,23)12-16(17)19/h5-8,16-17H,3-4,9-13H2,1-2H3. The molecule has 0 N–H and O–H groups in total. The molecule has 24 heavy (non-hydrogen) atoms. The third-order valence-electron chi connectivity index (χ3n) is 5.29. The van der Waals surface area contributed by atoms with Gasteiger partial charge < -0.3 is 4.90 Å². The largest absolute Gasteiger partial charge is 0.336 e. The van der Waals surface area contributed by atoms with E-state index in [0.29, 0.717) is 13.0 Å². The monoisotopic (exact) mass is 350 g/mol. The number of aryl methyl sites for hydroxylation is 1. The average molecular weight is 350 g/mol. The van der Waals surface area contributed by atoms with Crippen LogP contribution in [0.15, 0.2) is 24.3 Å². The van der Waals surface area contributed by atoms with Crippen LogP contribution in [0.1, 0.15) is 31.4 Å². The van der Waals surface area contributed by atoms with Crippen LogP contribution < -0.4 is 0 Å². The van der Waals surface area contributed by atoms with Crippen LogP contribution in [0.2, 0.25) is 0 Å². The Kier molecular flexibility index (Phi) is 4.97. The van der Waals surface area contributed by atoms with E-state index in [-0.39, 0.29) is 29.5 Å². The third-order valence-corrected chi connectivity index (χ3v) is 6.99. The van der Waals surface area contributed by atoms with Gasteiger partial charge in [0.1, 0.15) is 0 Å². The van der Waals surface area contributed by atoms with E-state index in [1.54, 1.807) is 4.90 Å². The Morgan fingerprint density at radius 3 is 2.42 bits per heavy atom. The molecule has 0 aliphatic carbocycles. The maximum Gasteiger partial charge on any atom is 0.222 e. The van der Waals surface area contributed by atoms with E-state index in [1.165, 1.54) is 11.1 Å². The van der Waals surface area contributed by atoms with E-state index in [1.807, 2.05) is 19.1 Å². The van der Waals surface area contributed by atoms with Crippen molar-refractivity contribution in [2.75, 3.05) is 24.6 Å². The predicted molar refractivity (Wildman–Crippen MR) is 94.5 cm³/mol. The molecule has 2 atom stereocenters. The Hall–Kier alpha value is -1.40. The van der Waals surface area contributed by atoms with E-state index in [4.69, 9.17) is 0 Å². The molecule has 2 fully saturated rings. The Morgan fingerprint density at radius 2 is 1.75 bits per heavy atom. The van der Waals surface area contributed by atoms with Gasteiger partial charge >= 0.3 is 0 Å². The zero-order chi connectivity index (χ0) is 17.3. The van der Waals surface area contributed by atoms with Crippen LogP contribution in [0.4, 0.5) is 0 Å². The molecule has 2 unspecified atom stereocenters. The molecular weight excluding hydrogens is 324 g/mol. The first-order valence-corrected chi connectivity index (χ1v) is 10.6. The van der Waals surface area contributed by atoms with Gasteiger partial charge in [0, 0.05) is 32.1 Å². The molecule has 6 heteroatoms. The van der Waals surface area contributed by atoms with Crippen molar-refractivity contribution in [1.82, 2.24) is 9.80 Å². The highest BCUT2D eigenvalue weighted by Gasteiger charge is 2.47. The minimum absolute atomic E-state index is 0.0655. The molecule has 3 rings (SSSR count). The lowest BCUT2D eigenvalue weighted by Gasteiger charge is -2.44. The molecule has 0 radical (unpaired) electrons. The van der Waals surface area contributed by atoms with Crippen LogP contribution >= 0.6 is 0 Å². The van der Waals surface area contributed by atoms with Gasteiger partial charge in [0.25, 0.3) is 0 Å². The fourth-order valence-electron chi connectivity index (χ4n) is 4.01. The Bertz CT molecular complexity index is 717. The number of fused-ring (bicyclic) bond motifs is 1. The molecular formula is C18H26N2O3S. The quantitative estimate of drug-likeness (QED) is 0.825. The highest BCUT2D eigenvalue weighted by molar-refractivity contribution is 7.91. The summed E-state index contributed by atoms with van der Waals surface area (Å²) in [6, 6.07) is 8.07. The van der Waals surface area contributed by atoms with E-state index in [0.717, 1.165) is 19.5 Å². The van der Waals surface area contributed by atoms with Gasteiger partial charge in [-0.2, -0.15) is 0 Å². The fraction of sp³-hybridized carbons (Fsp3) is 0.611. The van der Waals surface area contributed by atoms with Gasteiger partial charge in [-0.1, -0.05) is 38.1 Å². The molecule has 0 bridgehead atoms. The summed E-state index contributed by atoms with van der Waals surface area (Å²) >= 11 is 0. The average Bonchev–Trinajstić information content (AvgIpc) is 2.90. The van der Waals surface area contributed by atoms with Crippen molar-refractivity contribution in [1.29, 1.82) is 0 Å².